The standard InChI is InChI=1S/C16H17F3N2O4/c1-21(8-2-7-20)14(22)10-25-15(23)13-5-3-12(4-6-13)9-24-11-16(17,18)19/h3-6H,2,8-11H2,1H3. The Morgan fingerprint density at radius 2 is 1.88 bits per heavy atom. The van der Waals surface area contributed by atoms with Crippen LogP contribution < -0.4 is 0 Å². The summed E-state index contributed by atoms with van der Waals surface area (Å²) in [4.78, 5) is 24.8. The Bertz CT molecular complexity index is 624. The molecule has 0 N–H and O–H groups in total. The van der Waals surface area contributed by atoms with Gasteiger partial charge in [-0.2, -0.15) is 18.4 Å². The van der Waals surface area contributed by atoms with Crippen LogP contribution in [-0.2, 0) is 20.9 Å². The molecule has 0 aromatic heterocycles. The van der Waals surface area contributed by atoms with E-state index in [9.17, 15) is 22.8 Å². The zero-order chi connectivity index (χ0) is 18.9. The molecule has 1 aromatic carbocycles. The Hall–Kier alpha value is -2.60. The molecule has 0 fully saturated rings. The first-order chi connectivity index (χ1) is 11.7. The summed E-state index contributed by atoms with van der Waals surface area (Å²) in [7, 11) is 1.49. The molecule has 25 heavy (non-hydrogen) atoms. The zero-order valence-corrected chi connectivity index (χ0v) is 13.5. The van der Waals surface area contributed by atoms with Gasteiger partial charge in [0, 0.05) is 13.6 Å². The van der Waals surface area contributed by atoms with Gasteiger partial charge < -0.3 is 14.4 Å². The molecule has 6 nitrogen and oxygen atoms in total. The number of hydrogen-bond donors (Lipinski definition) is 0. The van der Waals surface area contributed by atoms with Gasteiger partial charge in [0.05, 0.1) is 24.7 Å². The minimum atomic E-state index is -4.39. The molecule has 0 aliphatic rings. The molecule has 1 rings (SSSR count). The van der Waals surface area contributed by atoms with E-state index in [4.69, 9.17) is 10.00 Å². The van der Waals surface area contributed by atoms with E-state index in [1.54, 1.807) is 0 Å². The number of rotatable bonds is 8. The van der Waals surface area contributed by atoms with Crippen LogP contribution in [0.2, 0.25) is 0 Å². The van der Waals surface area contributed by atoms with E-state index in [0.717, 1.165) is 0 Å². The van der Waals surface area contributed by atoms with Crippen molar-refractivity contribution in [2.24, 2.45) is 0 Å². The van der Waals surface area contributed by atoms with Gasteiger partial charge in [0.1, 0.15) is 6.61 Å². The number of nitriles is 1. The molecule has 0 spiro atoms. The summed E-state index contributed by atoms with van der Waals surface area (Å²) >= 11 is 0. The highest BCUT2D eigenvalue weighted by molar-refractivity contribution is 5.91. The van der Waals surface area contributed by atoms with Crippen molar-refractivity contribution in [3.8, 4) is 6.07 Å². The van der Waals surface area contributed by atoms with E-state index in [0.29, 0.717) is 5.56 Å². The second kappa shape index (κ2) is 9.64. The Balaban J connectivity index is 2.44. The van der Waals surface area contributed by atoms with Crippen LogP contribution in [0.1, 0.15) is 22.3 Å². The minimum Gasteiger partial charge on any atom is -0.452 e. The lowest BCUT2D eigenvalue weighted by molar-refractivity contribution is -0.176. The maximum atomic E-state index is 12.0. The summed E-state index contributed by atoms with van der Waals surface area (Å²) in [6.07, 6.45) is -4.22. The Morgan fingerprint density at radius 1 is 1.24 bits per heavy atom. The van der Waals surface area contributed by atoms with Crippen molar-refractivity contribution in [1.29, 1.82) is 5.26 Å². The molecule has 136 valence electrons. The molecule has 1 aromatic rings. The van der Waals surface area contributed by atoms with E-state index in [-0.39, 0.29) is 25.1 Å². The van der Waals surface area contributed by atoms with Gasteiger partial charge in [-0.25, -0.2) is 4.79 Å². The molecular weight excluding hydrogens is 341 g/mol. The Morgan fingerprint density at radius 3 is 2.44 bits per heavy atom. The number of likely N-dealkylation sites (N-methyl/N-ethyl adjacent to an activating group) is 1. The molecular formula is C16H17F3N2O4. The number of halogens is 3. The lowest BCUT2D eigenvalue weighted by atomic mass is 10.1. The van der Waals surface area contributed by atoms with E-state index >= 15 is 0 Å². The lowest BCUT2D eigenvalue weighted by Gasteiger charge is -2.15. The molecule has 0 saturated carbocycles. The van der Waals surface area contributed by atoms with Crippen LogP contribution in [0.25, 0.3) is 0 Å². The number of carbonyl (C=O) groups excluding carboxylic acids is 2. The lowest BCUT2D eigenvalue weighted by Crippen LogP contribution is -2.31. The van der Waals surface area contributed by atoms with Crippen molar-refractivity contribution < 1.29 is 32.2 Å². The first-order valence-corrected chi connectivity index (χ1v) is 7.24. The van der Waals surface area contributed by atoms with Gasteiger partial charge in [0.25, 0.3) is 5.91 Å². The normalized spacial score (nSPS) is 10.8. The van der Waals surface area contributed by atoms with Crippen molar-refractivity contribution in [3.05, 3.63) is 35.4 Å². The highest BCUT2D eigenvalue weighted by atomic mass is 19.4. The van der Waals surface area contributed by atoms with E-state index < -0.39 is 31.3 Å². The first-order valence-electron chi connectivity index (χ1n) is 7.24. The maximum absolute atomic E-state index is 12.0. The summed E-state index contributed by atoms with van der Waals surface area (Å²) in [5.74, 6) is -1.18. The molecule has 0 bridgehead atoms. The molecule has 9 heteroatoms. The smallest absolute Gasteiger partial charge is 0.411 e. The van der Waals surface area contributed by atoms with Gasteiger partial charge in [-0.1, -0.05) is 12.1 Å². The average Bonchev–Trinajstić information content (AvgIpc) is 2.56. The Kier molecular flexibility index (Phi) is 7.88. The van der Waals surface area contributed by atoms with Gasteiger partial charge in [0.2, 0.25) is 0 Å². The molecule has 1 amide bonds. The van der Waals surface area contributed by atoms with Gasteiger partial charge in [-0.05, 0) is 17.7 Å². The second-order valence-electron chi connectivity index (χ2n) is 5.10. The van der Waals surface area contributed by atoms with Crippen molar-refractivity contribution in [2.45, 2.75) is 19.2 Å². The highest BCUT2D eigenvalue weighted by Gasteiger charge is 2.27. The number of alkyl halides is 3. The van der Waals surface area contributed by atoms with Crippen LogP contribution in [0.5, 0.6) is 0 Å². The van der Waals surface area contributed by atoms with Gasteiger partial charge >= 0.3 is 12.1 Å². The van der Waals surface area contributed by atoms with E-state index in [2.05, 4.69) is 4.74 Å². The minimum absolute atomic E-state index is 0.159. The molecule has 0 aliphatic carbocycles. The zero-order valence-electron chi connectivity index (χ0n) is 13.5. The number of esters is 1. The fourth-order valence-corrected chi connectivity index (χ4v) is 1.68. The molecule has 0 unspecified atom stereocenters. The third-order valence-electron chi connectivity index (χ3n) is 3.04. The van der Waals surface area contributed by atoms with Crippen molar-refractivity contribution in [3.63, 3.8) is 0 Å². The summed E-state index contributed by atoms with van der Waals surface area (Å²) in [6.45, 7) is -1.81. The van der Waals surface area contributed by atoms with Crippen molar-refractivity contribution >= 4 is 11.9 Å². The largest absolute Gasteiger partial charge is 0.452 e. The van der Waals surface area contributed by atoms with Crippen LogP contribution >= 0.6 is 0 Å². The monoisotopic (exact) mass is 358 g/mol. The summed E-state index contributed by atoms with van der Waals surface area (Å²) in [5, 5.41) is 8.44. The molecule has 0 heterocycles. The van der Waals surface area contributed by atoms with Crippen LogP contribution in [0.3, 0.4) is 0 Å². The second-order valence-corrected chi connectivity index (χ2v) is 5.10. The summed E-state index contributed by atoms with van der Waals surface area (Å²) < 4.78 is 45.3. The summed E-state index contributed by atoms with van der Waals surface area (Å²) in [6, 6.07) is 7.52. The van der Waals surface area contributed by atoms with Crippen LogP contribution in [0.15, 0.2) is 24.3 Å². The van der Waals surface area contributed by atoms with Crippen LogP contribution in [0, 0.1) is 11.3 Å². The predicted molar refractivity (Wildman–Crippen MR) is 80.3 cm³/mol. The number of hydrogen-bond acceptors (Lipinski definition) is 5. The van der Waals surface area contributed by atoms with Crippen LogP contribution in [-0.4, -0.2) is 49.8 Å². The fraction of sp³-hybridized carbons (Fsp3) is 0.438. The molecule has 0 atom stereocenters. The van der Waals surface area contributed by atoms with Crippen molar-refractivity contribution in [2.75, 3.05) is 26.8 Å². The average molecular weight is 358 g/mol. The Labute approximate surface area is 142 Å². The fourth-order valence-electron chi connectivity index (χ4n) is 1.68. The number of nitrogens with zero attached hydrogens (tertiary/aromatic N) is 2. The van der Waals surface area contributed by atoms with E-state index in [1.807, 2.05) is 6.07 Å². The third kappa shape index (κ3) is 8.17. The van der Waals surface area contributed by atoms with Gasteiger partial charge in [-0.15, -0.1) is 0 Å². The number of ether oxygens (including phenoxy) is 2. The SMILES string of the molecule is CN(CCC#N)C(=O)COC(=O)c1ccc(COCC(F)(F)F)cc1. The maximum Gasteiger partial charge on any atom is 0.411 e. The van der Waals surface area contributed by atoms with Crippen molar-refractivity contribution in [1.82, 2.24) is 4.90 Å². The molecule has 0 saturated heterocycles. The van der Waals surface area contributed by atoms with Gasteiger partial charge in [-0.3, -0.25) is 4.79 Å². The summed E-state index contributed by atoms with van der Waals surface area (Å²) in [5.41, 5.74) is 0.625. The third-order valence-corrected chi connectivity index (χ3v) is 3.04. The number of amides is 1. The van der Waals surface area contributed by atoms with E-state index in [1.165, 1.54) is 36.2 Å². The quantitative estimate of drug-likeness (QED) is 0.666. The number of benzene rings is 1. The van der Waals surface area contributed by atoms with Crippen LogP contribution in [0.4, 0.5) is 13.2 Å². The molecule has 0 aliphatic heterocycles. The first kappa shape index (κ1) is 20.4. The topological polar surface area (TPSA) is 79.6 Å². The molecule has 0 radical (unpaired) electrons. The highest BCUT2D eigenvalue weighted by Crippen LogP contribution is 2.16. The van der Waals surface area contributed by atoms with Gasteiger partial charge in [0.15, 0.2) is 6.61 Å². The number of carbonyl (C=O) groups is 2. The predicted octanol–water partition coefficient (Wildman–Crippen LogP) is 2.29.